The number of ether oxygens (including phenoxy) is 3. The third-order valence-electron chi connectivity index (χ3n) is 4.18. The molecular formula is C14H26N2O4. The third-order valence-corrected chi connectivity index (χ3v) is 4.18. The average molecular weight is 286 g/mol. The monoisotopic (exact) mass is 286 g/mol. The minimum Gasteiger partial charge on any atom is -0.383 e. The number of rotatable bonds is 6. The second kappa shape index (κ2) is 7.36. The van der Waals surface area contributed by atoms with Gasteiger partial charge in [0.1, 0.15) is 0 Å². The molecule has 2 rings (SSSR count). The smallest absolute Gasteiger partial charge is 0.234 e. The van der Waals surface area contributed by atoms with E-state index in [1.54, 1.807) is 7.11 Å². The number of nitrogens with one attached hydrogen (secondary N) is 1. The van der Waals surface area contributed by atoms with Crippen molar-refractivity contribution in [2.24, 2.45) is 0 Å². The first-order valence-corrected chi connectivity index (χ1v) is 7.39. The van der Waals surface area contributed by atoms with Crippen LogP contribution in [0.25, 0.3) is 0 Å². The fraction of sp³-hybridized carbons (Fsp3) is 0.929. The molecule has 1 aliphatic heterocycles. The van der Waals surface area contributed by atoms with E-state index in [2.05, 4.69) is 10.2 Å². The fourth-order valence-electron chi connectivity index (χ4n) is 2.97. The molecule has 0 aromatic rings. The number of nitrogens with zero attached hydrogens (tertiary/aromatic N) is 1. The summed E-state index contributed by atoms with van der Waals surface area (Å²) in [5, 5.41) is 2.85. The van der Waals surface area contributed by atoms with Gasteiger partial charge in [-0.25, -0.2) is 0 Å². The summed E-state index contributed by atoms with van der Waals surface area (Å²) in [7, 11) is 3.64. The van der Waals surface area contributed by atoms with Crippen molar-refractivity contribution in [3.05, 3.63) is 0 Å². The lowest BCUT2D eigenvalue weighted by Crippen LogP contribution is -2.46. The van der Waals surface area contributed by atoms with Gasteiger partial charge in [-0.2, -0.15) is 0 Å². The van der Waals surface area contributed by atoms with Crippen molar-refractivity contribution in [3.63, 3.8) is 0 Å². The SMILES string of the molecule is COCCNC(=O)CN(C)C1CCC2(CC1)OCCO2. The number of hydrogen-bond acceptors (Lipinski definition) is 5. The molecule has 2 aliphatic rings. The lowest BCUT2D eigenvalue weighted by atomic mass is 9.89. The molecule has 1 saturated heterocycles. The van der Waals surface area contributed by atoms with Gasteiger partial charge in [0.15, 0.2) is 5.79 Å². The van der Waals surface area contributed by atoms with Crippen molar-refractivity contribution in [2.45, 2.75) is 37.5 Å². The van der Waals surface area contributed by atoms with Gasteiger partial charge in [0, 0.05) is 32.5 Å². The predicted octanol–water partition coefficient (Wildman–Crippen LogP) is 0.367. The summed E-state index contributed by atoms with van der Waals surface area (Å²) in [6.45, 7) is 2.97. The molecular weight excluding hydrogens is 260 g/mol. The van der Waals surface area contributed by atoms with Crippen molar-refractivity contribution < 1.29 is 19.0 Å². The molecule has 20 heavy (non-hydrogen) atoms. The minimum atomic E-state index is -0.321. The molecule has 1 saturated carbocycles. The van der Waals surface area contributed by atoms with Gasteiger partial charge in [-0.1, -0.05) is 0 Å². The summed E-state index contributed by atoms with van der Waals surface area (Å²) < 4.78 is 16.4. The van der Waals surface area contributed by atoms with Crippen LogP contribution in [0.15, 0.2) is 0 Å². The Morgan fingerprint density at radius 3 is 2.60 bits per heavy atom. The summed E-state index contributed by atoms with van der Waals surface area (Å²) >= 11 is 0. The van der Waals surface area contributed by atoms with Crippen molar-refractivity contribution in [2.75, 3.05) is 47.1 Å². The van der Waals surface area contributed by atoms with Crippen LogP contribution in [0.2, 0.25) is 0 Å². The molecule has 0 radical (unpaired) electrons. The van der Waals surface area contributed by atoms with Gasteiger partial charge in [0.05, 0.1) is 26.4 Å². The summed E-state index contributed by atoms with van der Waals surface area (Å²) in [5.41, 5.74) is 0. The lowest BCUT2D eigenvalue weighted by Gasteiger charge is -2.38. The van der Waals surface area contributed by atoms with Crippen LogP contribution in [-0.4, -0.2) is 69.7 Å². The number of carbonyl (C=O) groups excluding carboxylic acids is 1. The Bertz CT molecular complexity index is 308. The molecule has 0 aromatic heterocycles. The van der Waals surface area contributed by atoms with Crippen molar-refractivity contribution in [3.8, 4) is 0 Å². The number of hydrogen-bond donors (Lipinski definition) is 1. The van der Waals surface area contributed by atoms with Gasteiger partial charge in [0.2, 0.25) is 5.91 Å². The largest absolute Gasteiger partial charge is 0.383 e. The van der Waals surface area contributed by atoms with Gasteiger partial charge in [-0.3, -0.25) is 9.69 Å². The zero-order valence-electron chi connectivity index (χ0n) is 12.5. The molecule has 0 aromatic carbocycles. The third kappa shape index (κ3) is 4.15. The number of likely N-dealkylation sites (N-methyl/N-ethyl adjacent to an activating group) is 1. The van der Waals surface area contributed by atoms with Crippen LogP contribution in [-0.2, 0) is 19.0 Å². The van der Waals surface area contributed by atoms with E-state index in [0.29, 0.717) is 39.0 Å². The molecule has 116 valence electrons. The molecule has 6 heteroatoms. The average Bonchev–Trinajstić information content (AvgIpc) is 2.88. The van der Waals surface area contributed by atoms with E-state index in [1.807, 2.05) is 7.05 Å². The zero-order valence-corrected chi connectivity index (χ0v) is 12.5. The molecule has 1 aliphatic carbocycles. The van der Waals surface area contributed by atoms with Gasteiger partial charge in [-0.05, 0) is 19.9 Å². The Morgan fingerprint density at radius 2 is 2.00 bits per heavy atom. The molecule has 1 N–H and O–H groups in total. The number of amides is 1. The first-order valence-electron chi connectivity index (χ1n) is 7.39. The van der Waals surface area contributed by atoms with E-state index in [0.717, 1.165) is 25.7 Å². The highest BCUT2D eigenvalue weighted by atomic mass is 16.7. The van der Waals surface area contributed by atoms with Crippen LogP contribution in [0, 0.1) is 0 Å². The maximum absolute atomic E-state index is 11.8. The van der Waals surface area contributed by atoms with E-state index >= 15 is 0 Å². The molecule has 1 amide bonds. The highest BCUT2D eigenvalue weighted by Gasteiger charge is 2.41. The quantitative estimate of drug-likeness (QED) is 0.715. The Labute approximate surface area is 120 Å². The number of carbonyl (C=O) groups is 1. The molecule has 2 fully saturated rings. The van der Waals surface area contributed by atoms with Gasteiger partial charge in [0.25, 0.3) is 0 Å². The standard InChI is InChI=1S/C14H26N2O4/c1-16(11-13(17)15-7-8-18-2)12-3-5-14(6-4-12)19-9-10-20-14/h12H,3-11H2,1-2H3,(H,15,17). The molecule has 0 atom stereocenters. The van der Waals surface area contributed by atoms with E-state index < -0.39 is 0 Å². The fourth-order valence-corrected chi connectivity index (χ4v) is 2.97. The minimum absolute atomic E-state index is 0.0539. The first kappa shape index (κ1) is 15.7. The molecule has 0 bridgehead atoms. The second-order valence-electron chi connectivity index (χ2n) is 5.60. The molecule has 1 heterocycles. The highest BCUT2D eigenvalue weighted by Crippen LogP contribution is 2.36. The molecule has 0 unspecified atom stereocenters. The van der Waals surface area contributed by atoms with Crippen LogP contribution < -0.4 is 5.32 Å². The Kier molecular flexibility index (Phi) is 5.77. The van der Waals surface area contributed by atoms with Crippen LogP contribution in [0.1, 0.15) is 25.7 Å². The number of methoxy groups -OCH3 is 1. The Hall–Kier alpha value is -0.690. The van der Waals surface area contributed by atoms with Crippen LogP contribution in [0.3, 0.4) is 0 Å². The summed E-state index contributed by atoms with van der Waals surface area (Å²) in [4.78, 5) is 13.9. The van der Waals surface area contributed by atoms with Crippen molar-refractivity contribution in [1.29, 1.82) is 0 Å². The predicted molar refractivity (Wildman–Crippen MR) is 74.4 cm³/mol. The van der Waals surface area contributed by atoms with Crippen molar-refractivity contribution in [1.82, 2.24) is 10.2 Å². The van der Waals surface area contributed by atoms with E-state index in [-0.39, 0.29) is 11.7 Å². The highest BCUT2D eigenvalue weighted by molar-refractivity contribution is 5.77. The normalized spacial score (nSPS) is 22.6. The van der Waals surface area contributed by atoms with E-state index in [4.69, 9.17) is 14.2 Å². The zero-order chi connectivity index (χ0) is 14.4. The van der Waals surface area contributed by atoms with Crippen LogP contribution >= 0.6 is 0 Å². The summed E-state index contributed by atoms with van der Waals surface area (Å²) in [6, 6.07) is 0.432. The maximum atomic E-state index is 11.8. The van der Waals surface area contributed by atoms with Crippen molar-refractivity contribution >= 4 is 5.91 Å². The van der Waals surface area contributed by atoms with Crippen LogP contribution in [0.4, 0.5) is 0 Å². The van der Waals surface area contributed by atoms with Gasteiger partial charge in [-0.15, -0.1) is 0 Å². The molecule has 1 spiro atoms. The Morgan fingerprint density at radius 1 is 1.35 bits per heavy atom. The van der Waals surface area contributed by atoms with E-state index in [1.165, 1.54) is 0 Å². The topological polar surface area (TPSA) is 60.0 Å². The molecule has 6 nitrogen and oxygen atoms in total. The maximum Gasteiger partial charge on any atom is 0.234 e. The van der Waals surface area contributed by atoms with E-state index in [9.17, 15) is 4.79 Å². The summed E-state index contributed by atoms with van der Waals surface area (Å²) in [5.74, 6) is -0.267. The first-order chi connectivity index (χ1) is 9.65. The van der Waals surface area contributed by atoms with Gasteiger partial charge < -0.3 is 19.5 Å². The van der Waals surface area contributed by atoms with Gasteiger partial charge >= 0.3 is 0 Å². The Balaban J connectivity index is 1.68. The lowest BCUT2D eigenvalue weighted by molar-refractivity contribution is -0.183. The second-order valence-corrected chi connectivity index (χ2v) is 5.60. The van der Waals surface area contributed by atoms with Crippen LogP contribution in [0.5, 0.6) is 0 Å². The summed E-state index contributed by atoms with van der Waals surface area (Å²) in [6.07, 6.45) is 3.88.